The molecule has 1 aromatic heterocycles. The molecule has 0 amide bonds. The van der Waals surface area contributed by atoms with Crippen LogP contribution in [0.25, 0.3) is 0 Å². The van der Waals surface area contributed by atoms with E-state index < -0.39 is 0 Å². The fourth-order valence-electron chi connectivity index (χ4n) is 2.43. The van der Waals surface area contributed by atoms with Gasteiger partial charge in [0, 0.05) is 6.54 Å². The Hall–Kier alpha value is -1.72. The van der Waals surface area contributed by atoms with E-state index in [1.54, 1.807) is 0 Å². The van der Waals surface area contributed by atoms with Crippen molar-refractivity contribution in [2.24, 2.45) is 5.84 Å². The monoisotopic (exact) mass is 276 g/mol. The average Bonchev–Trinajstić information content (AvgIpc) is 2.82. The highest BCUT2D eigenvalue weighted by Crippen LogP contribution is 2.24. The van der Waals surface area contributed by atoms with Crippen molar-refractivity contribution < 1.29 is 4.39 Å². The van der Waals surface area contributed by atoms with Gasteiger partial charge in [0.15, 0.2) is 0 Å². The van der Waals surface area contributed by atoms with E-state index >= 15 is 0 Å². The predicted molar refractivity (Wildman–Crippen MR) is 77.6 cm³/mol. The summed E-state index contributed by atoms with van der Waals surface area (Å²) in [5, 5.41) is 4.51. The summed E-state index contributed by atoms with van der Waals surface area (Å²) < 4.78 is 15.5. The smallest absolute Gasteiger partial charge is 0.123 e. The quantitative estimate of drug-likeness (QED) is 0.651. The summed E-state index contributed by atoms with van der Waals surface area (Å²) in [5.41, 5.74) is 6.42. The molecule has 0 fully saturated rings. The zero-order chi connectivity index (χ0) is 14.7. The van der Waals surface area contributed by atoms with Crippen LogP contribution in [0.5, 0.6) is 0 Å². The van der Waals surface area contributed by atoms with Gasteiger partial charge in [-0.05, 0) is 49.6 Å². The van der Waals surface area contributed by atoms with Crippen LogP contribution >= 0.6 is 0 Å². The summed E-state index contributed by atoms with van der Waals surface area (Å²) in [6, 6.07) is 6.71. The first-order valence-corrected chi connectivity index (χ1v) is 6.88. The van der Waals surface area contributed by atoms with Gasteiger partial charge < -0.3 is 0 Å². The van der Waals surface area contributed by atoms with E-state index in [0.717, 1.165) is 35.5 Å². The minimum atomic E-state index is -0.267. The first-order valence-electron chi connectivity index (χ1n) is 6.88. The molecule has 0 spiro atoms. The van der Waals surface area contributed by atoms with Gasteiger partial charge in [-0.25, -0.2) is 9.82 Å². The molecule has 4 nitrogen and oxygen atoms in total. The molecule has 20 heavy (non-hydrogen) atoms. The molecule has 1 heterocycles. The van der Waals surface area contributed by atoms with Gasteiger partial charge in [0.25, 0.3) is 0 Å². The van der Waals surface area contributed by atoms with Crippen LogP contribution in [0.4, 0.5) is 4.39 Å². The van der Waals surface area contributed by atoms with Crippen molar-refractivity contribution in [3.8, 4) is 0 Å². The highest BCUT2D eigenvalue weighted by molar-refractivity contribution is 5.32. The Morgan fingerprint density at radius 2 is 2.05 bits per heavy atom. The summed E-state index contributed by atoms with van der Waals surface area (Å²) in [5.74, 6) is 5.45. The first kappa shape index (κ1) is 14.7. The van der Waals surface area contributed by atoms with Gasteiger partial charge in [0.2, 0.25) is 0 Å². The zero-order valence-electron chi connectivity index (χ0n) is 12.2. The number of hydrogen-bond donors (Lipinski definition) is 2. The van der Waals surface area contributed by atoms with Gasteiger partial charge in [-0.3, -0.25) is 10.5 Å². The van der Waals surface area contributed by atoms with Crippen LogP contribution in [0.15, 0.2) is 24.3 Å². The Bertz CT molecular complexity index is 571. The Balaban J connectivity index is 2.48. The molecule has 0 saturated heterocycles. The molecule has 5 heteroatoms. The van der Waals surface area contributed by atoms with Gasteiger partial charge in [0.05, 0.1) is 17.4 Å². The largest absolute Gasteiger partial charge is 0.271 e. The minimum absolute atomic E-state index is 0.251. The van der Waals surface area contributed by atoms with Crippen molar-refractivity contribution in [3.63, 3.8) is 0 Å². The van der Waals surface area contributed by atoms with E-state index in [-0.39, 0.29) is 11.9 Å². The van der Waals surface area contributed by atoms with E-state index in [1.165, 1.54) is 12.1 Å². The van der Waals surface area contributed by atoms with Crippen LogP contribution < -0.4 is 11.3 Å². The maximum Gasteiger partial charge on any atom is 0.123 e. The molecule has 1 aromatic carbocycles. The number of nitrogens with one attached hydrogen (secondary N) is 1. The van der Waals surface area contributed by atoms with E-state index in [1.807, 2.05) is 30.7 Å². The lowest BCUT2D eigenvalue weighted by atomic mass is 10.0. The maximum atomic E-state index is 13.6. The van der Waals surface area contributed by atoms with Crippen molar-refractivity contribution in [3.05, 3.63) is 52.6 Å². The number of halogens is 1. The Labute approximate surface area is 118 Å². The molecule has 0 aliphatic carbocycles. The summed E-state index contributed by atoms with van der Waals surface area (Å²) in [7, 11) is 0. The highest BCUT2D eigenvalue weighted by Gasteiger charge is 2.19. The van der Waals surface area contributed by atoms with Gasteiger partial charge in [-0.15, -0.1) is 0 Å². The molecule has 0 saturated carbocycles. The van der Waals surface area contributed by atoms with Crippen LogP contribution in [0, 0.1) is 12.7 Å². The van der Waals surface area contributed by atoms with Crippen LogP contribution in [0.1, 0.15) is 42.4 Å². The number of nitrogens with two attached hydrogens (primary N) is 1. The van der Waals surface area contributed by atoms with Gasteiger partial charge >= 0.3 is 0 Å². The van der Waals surface area contributed by atoms with E-state index in [2.05, 4.69) is 17.4 Å². The Morgan fingerprint density at radius 3 is 2.60 bits per heavy atom. The lowest BCUT2D eigenvalue weighted by Gasteiger charge is -2.18. The highest BCUT2D eigenvalue weighted by atomic mass is 19.1. The molecule has 0 aliphatic heterocycles. The second-order valence-corrected chi connectivity index (χ2v) is 4.89. The van der Waals surface area contributed by atoms with E-state index in [0.29, 0.717) is 0 Å². The molecule has 2 rings (SSSR count). The minimum Gasteiger partial charge on any atom is -0.271 e. The summed E-state index contributed by atoms with van der Waals surface area (Å²) >= 11 is 0. The SMILES string of the molecule is CCc1cc(C(NN)c2cc(C)cc(F)c2)n(CC)n1. The van der Waals surface area contributed by atoms with Crippen molar-refractivity contribution >= 4 is 0 Å². The second kappa shape index (κ2) is 6.15. The van der Waals surface area contributed by atoms with Gasteiger partial charge in [0.1, 0.15) is 5.82 Å². The first-order chi connectivity index (χ1) is 9.58. The molecule has 0 radical (unpaired) electrons. The molecular weight excluding hydrogens is 255 g/mol. The molecule has 2 aromatic rings. The van der Waals surface area contributed by atoms with Crippen LogP contribution in [-0.4, -0.2) is 9.78 Å². The van der Waals surface area contributed by atoms with Crippen molar-refractivity contribution in [1.29, 1.82) is 0 Å². The van der Waals surface area contributed by atoms with E-state index in [9.17, 15) is 4.39 Å². The van der Waals surface area contributed by atoms with Gasteiger partial charge in [-0.2, -0.15) is 5.10 Å². The molecule has 3 N–H and O–H groups in total. The Morgan fingerprint density at radius 1 is 1.30 bits per heavy atom. The average molecular weight is 276 g/mol. The van der Waals surface area contributed by atoms with Crippen LogP contribution in [-0.2, 0) is 13.0 Å². The number of rotatable bonds is 5. The molecular formula is C15H21FN4. The summed E-state index contributed by atoms with van der Waals surface area (Å²) in [6.07, 6.45) is 0.861. The normalized spacial score (nSPS) is 12.7. The van der Waals surface area contributed by atoms with Crippen molar-refractivity contribution in [2.45, 2.75) is 39.8 Å². The zero-order valence-corrected chi connectivity index (χ0v) is 12.2. The Kier molecular flexibility index (Phi) is 4.52. The number of hydrazine groups is 1. The fraction of sp³-hybridized carbons (Fsp3) is 0.400. The standard InChI is InChI=1S/C15H21FN4/c1-4-13-9-14(20(5-2)19-13)15(18-17)11-6-10(3)7-12(16)8-11/h6-9,15,18H,4-5,17H2,1-3H3. The molecule has 0 bridgehead atoms. The maximum absolute atomic E-state index is 13.6. The van der Waals surface area contributed by atoms with Crippen molar-refractivity contribution in [2.75, 3.05) is 0 Å². The lowest BCUT2D eigenvalue weighted by Crippen LogP contribution is -2.30. The van der Waals surface area contributed by atoms with Gasteiger partial charge in [-0.1, -0.05) is 13.0 Å². The van der Waals surface area contributed by atoms with E-state index in [4.69, 9.17) is 5.84 Å². The third kappa shape index (κ3) is 2.89. The third-order valence-corrected chi connectivity index (χ3v) is 3.38. The predicted octanol–water partition coefficient (Wildman–Crippen LogP) is 2.47. The number of nitrogens with zero attached hydrogens (tertiary/aromatic N) is 2. The lowest BCUT2D eigenvalue weighted by molar-refractivity contribution is 0.537. The molecule has 108 valence electrons. The number of benzene rings is 1. The van der Waals surface area contributed by atoms with Crippen molar-refractivity contribution in [1.82, 2.24) is 15.2 Å². The molecule has 1 atom stereocenters. The topological polar surface area (TPSA) is 55.9 Å². The third-order valence-electron chi connectivity index (χ3n) is 3.38. The number of aromatic nitrogens is 2. The van der Waals surface area contributed by atoms with Crippen LogP contribution in [0.3, 0.4) is 0 Å². The molecule has 0 aliphatic rings. The number of hydrogen-bond acceptors (Lipinski definition) is 3. The molecule has 1 unspecified atom stereocenters. The fourth-order valence-corrected chi connectivity index (χ4v) is 2.43. The summed E-state index contributed by atoms with van der Waals surface area (Å²) in [6.45, 7) is 6.71. The second-order valence-electron chi connectivity index (χ2n) is 4.89. The van der Waals surface area contributed by atoms with Crippen LogP contribution in [0.2, 0.25) is 0 Å². The number of aryl methyl sites for hydroxylation is 3. The summed E-state index contributed by atoms with van der Waals surface area (Å²) in [4.78, 5) is 0.